The summed E-state index contributed by atoms with van der Waals surface area (Å²) in [4.78, 5) is 24.6. The molecule has 0 spiro atoms. The maximum atomic E-state index is 13.2. The zero-order valence-corrected chi connectivity index (χ0v) is 13.1. The molecule has 0 radical (unpaired) electrons. The molecule has 2 aromatic carbocycles. The lowest BCUT2D eigenvalue weighted by Gasteiger charge is -2.18. The van der Waals surface area contributed by atoms with Gasteiger partial charge in [-0.25, -0.2) is 4.39 Å². The summed E-state index contributed by atoms with van der Waals surface area (Å²) in [6.07, 6.45) is 0.820. The largest absolute Gasteiger partial charge is 0.447 e. The summed E-state index contributed by atoms with van der Waals surface area (Å²) in [5, 5.41) is 2.85. The van der Waals surface area contributed by atoms with Gasteiger partial charge in [-0.2, -0.15) is 0 Å². The number of rotatable bonds is 6. The molecule has 1 atom stereocenters. The fourth-order valence-electron chi connectivity index (χ4n) is 2.39. The second-order valence-corrected chi connectivity index (χ2v) is 5.87. The Labute approximate surface area is 139 Å². The van der Waals surface area contributed by atoms with Gasteiger partial charge in [-0.05, 0) is 30.5 Å². The van der Waals surface area contributed by atoms with Crippen LogP contribution in [0.4, 0.5) is 4.39 Å². The van der Waals surface area contributed by atoms with Crippen LogP contribution < -0.4 is 5.32 Å². The van der Waals surface area contributed by atoms with Gasteiger partial charge in [0.2, 0.25) is 6.10 Å². The molecular weight excluding hydrogens is 309 g/mol. The van der Waals surface area contributed by atoms with Gasteiger partial charge < -0.3 is 10.1 Å². The highest BCUT2D eigenvalue weighted by atomic mass is 19.1. The van der Waals surface area contributed by atoms with E-state index in [4.69, 9.17) is 4.74 Å². The number of benzene rings is 2. The van der Waals surface area contributed by atoms with Crippen molar-refractivity contribution >= 4 is 11.9 Å². The van der Waals surface area contributed by atoms with E-state index in [-0.39, 0.29) is 18.4 Å². The lowest BCUT2D eigenvalue weighted by atomic mass is 10.1. The van der Waals surface area contributed by atoms with Crippen LogP contribution in [0, 0.1) is 5.82 Å². The molecule has 1 N–H and O–H groups in total. The Morgan fingerprint density at radius 1 is 1.12 bits per heavy atom. The van der Waals surface area contributed by atoms with Crippen LogP contribution in [-0.4, -0.2) is 17.9 Å². The molecule has 0 aliphatic heterocycles. The molecule has 0 saturated heterocycles. The van der Waals surface area contributed by atoms with E-state index in [2.05, 4.69) is 5.32 Å². The van der Waals surface area contributed by atoms with Crippen LogP contribution in [-0.2, 0) is 20.7 Å². The van der Waals surface area contributed by atoms with E-state index in [9.17, 15) is 14.0 Å². The molecule has 0 aromatic heterocycles. The minimum absolute atomic E-state index is 0.0855. The first-order chi connectivity index (χ1) is 11.6. The first-order valence-electron chi connectivity index (χ1n) is 7.91. The molecule has 4 nitrogen and oxygen atoms in total. The van der Waals surface area contributed by atoms with Crippen molar-refractivity contribution in [3.05, 3.63) is 71.5 Å². The second kappa shape index (κ2) is 7.25. The second-order valence-electron chi connectivity index (χ2n) is 5.87. The number of esters is 1. The summed E-state index contributed by atoms with van der Waals surface area (Å²) >= 11 is 0. The van der Waals surface area contributed by atoms with Crippen molar-refractivity contribution < 1.29 is 18.7 Å². The number of hydrogen-bond acceptors (Lipinski definition) is 3. The van der Waals surface area contributed by atoms with Gasteiger partial charge >= 0.3 is 5.97 Å². The Kier molecular flexibility index (Phi) is 4.89. The van der Waals surface area contributed by atoms with Gasteiger partial charge in [0.15, 0.2) is 0 Å². The SMILES string of the molecule is O=C(Cc1cccc(F)c1)O[C@H](C(=O)NC1CC1)c1ccccc1. The van der Waals surface area contributed by atoms with Crippen LogP contribution in [0.3, 0.4) is 0 Å². The van der Waals surface area contributed by atoms with Gasteiger partial charge in [0.05, 0.1) is 6.42 Å². The number of nitrogens with one attached hydrogen (secondary N) is 1. The number of carbonyl (C=O) groups is 2. The molecule has 1 aliphatic rings. The number of amides is 1. The number of hydrogen-bond donors (Lipinski definition) is 1. The van der Waals surface area contributed by atoms with Gasteiger partial charge in [0.25, 0.3) is 5.91 Å². The molecule has 0 heterocycles. The van der Waals surface area contributed by atoms with Crippen LogP contribution in [0.5, 0.6) is 0 Å². The Balaban J connectivity index is 1.70. The molecule has 3 rings (SSSR count). The number of carbonyl (C=O) groups excluding carboxylic acids is 2. The quantitative estimate of drug-likeness (QED) is 0.830. The third-order valence-electron chi connectivity index (χ3n) is 3.75. The zero-order valence-electron chi connectivity index (χ0n) is 13.1. The van der Waals surface area contributed by atoms with Gasteiger partial charge in [-0.15, -0.1) is 0 Å². The van der Waals surface area contributed by atoms with Crippen molar-refractivity contribution in [2.24, 2.45) is 0 Å². The predicted molar refractivity (Wildman–Crippen MR) is 86.5 cm³/mol. The molecule has 5 heteroatoms. The molecule has 124 valence electrons. The molecular formula is C19H18FNO3. The highest BCUT2D eigenvalue weighted by Gasteiger charge is 2.30. The normalized spacial score (nSPS) is 14.7. The standard InChI is InChI=1S/C19H18FNO3/c20-15-8-4-5-13(11-15)12-17(22)24-18(14-6-2-1-3-7-14)19(23)21-16-9-10-16/h1-8,11,16,18H,9-10,12H2,(H,21,23)/t18-/m0/s1. The van der Waals surface area contributed by atoms with Gasteiger partial charge in [0.1, 0.15) is 5.82 Å². The van der Waals surface area contributed by atoms with E-state index < -0.39 is 17.9 Å². The molecule has 0 bridgehead atoms. The van der Waals surface area contributed by atoms with Crippen LogP contribution in [0.1, 0.15) is 30.1 Å². The van der Waals surface area contributed by atoms with Crippen molar-refractivity contribution in [1.29, 1.82) is 0 Å². The van der Waals surface area contributed by atoms with Gasteiger partial charge in [-0.3, -0.25) is 9.59 Å². The Morgan fingerprint density at radius 2 is 1.88 bits per heavy atom. The molecule has 0 unspecified atom stereocenters. The van der Waals surface area contributed by atoms with Crippen LogP contribution in [0.15, 0.2) is 54.6 Å². The topological polar surface area (TPSA) is 55.4 Å². The van der Waals surface area contributed by atoms with E-state index in [1.54, 1.807) is 30.3 Å². The fraction of sp³-hybridized carbons (Fsp3) is 0.263. The number of halogens is 1. The predicted octanol–water partition coefficient (Wildman–Crippen LogP) is 2.93. The van der Waals surface area contributed by atoms with E-state index in [0.717, 1.165) is 12.8 Å². The lowest BCUT2D eigenvalue weighted by molar-refractivity contribution is -0.156. The van der Waals surface area contributed by atoms with Crippen LogP contribution in [0.2, 0.25) is 0 Å². The van der Waals surface area contributed by atoms with Crippen LogP contribution in [0.25, 0.3) is 0 Å². The van der Waals surface area contributed by atoms with Crippen molar-refractivity contribution in [3.8, 4) is 0 Å². The minimum atomic E-state index is -0.993. The zero-order chi connectivity index (χ0) is 16.9. The van der Waals surface area contributed by atoms with E-state index >= 15 is 0 Å². The fourth-order valence-corrected chi connectivity index (χ4v) is 2.39. The molecule has 24 heavy (non-hydrogen) atoms. The van der Waals surface area contributed by atoms with E-state index in [1.165, 1.54) is 18.2 Å². The molecule has 1 aliphatic carbocycles. The molecule has 1 amide bonds. The average molecular weight is 327 g/mol. The van der Waals surface area contributed by atoms with Gasteiger partial charge in [-0.1, -0.05) is 42.5 Å². The first kappa shape index (κ1) is 16.2. The first-order valence-corrected chi connectivity index (χ1v) is 7.91. The third kappa shape index (κ3) is 4.41. The average Bonchev–Trinajstić information content (AvgIpc) is 3.37. The smallest absolute Gasteiger partial charge is 0.311 e. The Hall–Kier alpha value is -2.69. The number of ether oxygens (including phenoxy) is 1. The molecule has 1 fully saturated rings. The van der Waals surface area contributed by atoms with E-state index in [0.29, 0.717) is 11.1 Å². The summed E-state index contributed by atoms with van der Waals surface area (Å²) in [5.41, 5.74) is 1.12. The van der Waals surface area contributed by atoms with Crippen molar-refractivity contribution in [2.45, 2.75) is 31.4 Å². The van der Waals surface area contributed by atoms with Crippen molar-refractivity contribution in [1.82, 2.24) is 5.32 Å². The van der Waals surface area contributed by atoms with Crippen molar-refractivity contribution in [2.75, 3.05) is 0 Å². The monoisotopic (exact) mass is 327 g/mol. The molecule has 2 aromatic rings. The maximum Gasteiger partial charge on any atom is 0.311 e. The minimum Gasteiger partial charge on any atom is -0.447 e. The summed E-state index contributed by atoms with van der Waals surface area (Å²) in [5.74, 6) is -1.30. The highest BCUT2D eigenvalue weighted by molar-refractivity contribution is 5.85. The molecule has 1 saturated carbocycles. The summed E-state index contributed by atoms with van der Waals surface area (Å²) in [6.45, 7) is 0. The van der Waals surface area contributed by atoms with Gasteiger partial charge in [0, 0.05) is 11.6 Å². The van der Waals surface area contributed by atoms with E-state index in [1.807, 2.05) is 6.07 Å². The Bertz CT molecular complexity index is 728. The van der Waals surface area contributed by atoms with Crippen LogP contribution >= 0.6 is 0 Å². The highest BCUT2D eigenvalue weighted by Crippen LogP contribution is 2.23. The Morgan fingerprint density at radius 3 is 2.54 bits per heavy atom. The third-order valence-corrected chi connectivity index (χ3v) is 3.75. The summed E-state index contributed by atoms with van der Waals surface area (Å²) < 4.78 is 18.6. The summed E-state index contributed by atoms with van der Waals surface area (Å²) in [6, 6.07) is 14.8. The maximum absolute atomic E-state index is 13.2. The lowest BCUT2D eigenvalue weighted by Crippen LogP contribution is -2.33. The van der Waals surface area contributed by atoms with Crippen molar-refractivity contribution in [3.63, 3.8) is 0 Å². The summed E-state index contributed by atoms with van der Waals surface area (Å²) in [7, 11) is 0.